The highest BCUT2D eigenvalue weighted by Gasteiger charge is 2.25. The molecule has 3 nitrogen and oxygen atoms in total. The van der Waals surface area contributed by atoms with E-state index in [4.69, 9.17) is 10.5 Å². The van der Waals surface area contributed by atoms with Crippen molar-refractivity contribution in [1.82, 2.24) is 0 Å². The van der Waals surface area contributed by atoms with Gasteiger partial charge in [0.25, 0.3) is 0 Å². The molecule has 2 rings (SSSR count). The molecule has 0 aliphatic carbocycles. The van der Waals surface area contributed by atoms with Gasteiger partial charge in [0.1, 0.15) is 18.1 Å². The number of rotatable bonds is 9. The molecule has 2 aromatic carbocycles. The van der Waals surface area contributed by atoms with Gasteiger partial charge in [-0.25, -0.2) is 0 Å². The third-order valence-electron chi connectivity index (χ3n) is 5.82. The molecule has 152 valence electrons. The standard InChI is InChI=1S/C25H35NO2/c1-7-21(10-8-20-9-12-23(26)17(2)14-20)22-11-13-24(18(3)15-22)28-16-25(5,6)19(4)27/h9,11-15,21H,7-8,10,16,26H2,1-6H3. The molecule has 0 aromatic heterocycles. The van der Waals surface area contributed by atoms with Crippen LogP contribution in [0.5, 0.6) is 5.75 Å². The molecule has 2 aromatic rings. The number of carbonyl (C=O) groups is 1. The van der Waals surface area contributed by atoms with E-state index in [1.807, 2.05) is 19.9 Å². The van der Waals surface area contributed by atoms with Crippen LogP contribution in [0.25, 0.3) is 0 Å². The van der Waals surface area contributed by atoms with Crippen molar-refractivity contribution in [2.75, 3.05) is 12.3 Å². The quantitative estimate of drug-likeness (QED) is 0.541. The summed E-state index contributed by atoms with van der Waals surface area (Å²) in [5, 5.41) is 0. The minimum Gasteiger partial charge on any atom is -0.492 e. The molecule has 0 spiro atoms. The highest BCUT2D eigenvalue weighted by Crippen LogP contribution is 2.30. The minimum atomic E-state index is -0.464. The SMILES string of the molecule is CCC(CCc1ccc(N)c(C)c1)c1ccc(OCC(C)(C)C(C)=O)c(C)c1. The molecule has 0 aliphatic rings. The molecule has 1 atom stereocenters. The van der Waals surface area contributed by atoms with Gasteiger partial charge in [-0.2, -0.15) is 0 Å². The summed E-state index contributed by atoms with van der Waals surface area (Å²) in [7, 11) is 0. The summed E-state index contributed by atoms with van der Waals surface area (Å²) in [6.45, 7) is 12.2. The largest absolute Gasteiger partial charge is 0.492 e. The molecule has 0 saturated heterocycles. The third-order valence-corrected chi connectivity index (χ3v) is 5.82. The van der Waals surface area contributed by atoms with Crippen LogP contribution in [-0.4, -0.2) is 12.4 Å². The lowest BCUT2D eigenvalue weighted by Gasteiger charge is -2.23. The van der Waals surface area contributed by atoms with E-state index in [1.165, 1.54) is 11.1 Å². The van der Waals surface area contributed by atoms with Gasteiger partial charge in [-0.15, -0.1) is 0 Å². The monoisotopic (exact) mass is 381 g/mol. The van der Waals surface area contributed by atoms with E-state index in [1.54, 1.807) is 6.92 Å². The van der Waals surface area contributed by atoms with Crippen molar-refractivity contribution >= 4 is 11.5 Å². The summed E-state index contributed by atoms with van der Waals surface area (Å²) in [6.07, 6.45) is 3.26. The predicted molar refractivity (Wildman–Crippen MR) is 118 cm³/mol. The Morgan fingerprint density at radius 1 is 1.11 bits per heavy atom. The van der Waals surface area contributed by atoms with Crippen molar-refractivity contribution in [2.45, 2.75) is 66.7 Å². The van der Waals surface area contributed by atoms with Crippen LogP contribution in [0.15, 0.2) is 36.4 Å². The molecule has 0 bridgehead atoms. The molecule has 3 heteroatoms. The average Bonchev–Trinajstić information content (AvgIpc) is 2.64. The molecule has 2 N–H and O–H groups in total. The van der Waals surface area contributed by atoms with E-state index in [9.17, 15) is 4.79 Å². The highest BCUT2D eigenvalue weighted by atomic mass is 16.5. The number of ketones is 1. The van der Waals surface area contributed by atoms with Crippen molar-refractivity contribution in [3.8, 4) is 5.75 Å². The molecule has 0 aliphatic heterocycles. The Kier molecular flexibility index (Phi) is 7.29. The zero-order valence-electron chi connectivity index (χ0n) is 18.3. The first-order chi connectivity index (χ1) is 13.1. The number of hydrogen-bond acceptors (Lipinski definition) is 3. The van der Waals surface area contributed by atoms with Crippen molar-refractivity contribution in [3.63, 3.8) is 0 Å². The first-order valence-electron chi connectivity index (χ1n) is 10.2. The van der Waals surface area contributed by atoms with Gasteiger partial charge < -0.3 is 10.5 Å². The smallest absolute Gasteiger partial charge is 0.138 e. The molecule has 0 amide bonds. The van der Waals surface area contributed by atoms with Crippen LogP contribution in [-0.2, 0) is 11.2 Å². The first-order valence-corrected chi connectivity index (χ1v) is 10.2. The number of Topliss-reactive ketones (excluding diaryl/α,β-unsaturated/α-hetero) is 1. The number of ether oxygens (including phenoxy) is 1. The Bertz CT molecular complexity index is 823. The Labute approximate surface area is 170 Å². The van der Waals surface area contributed by atoms with Crippen LogP contribution in [0.4, 0.5) is 5.69 Å². The lowest BCUT2D eigenvalue weighted by atomic mass is 9.89. The summed E-state index contributed by atoms with van der Waals surface area (Å²) >= 11 is 0. The van der Waals surface area contributed by atoms with Gasteiger partial charge in [0.2, 0.25) is 0 Å². The predicted octanol–water partition coefficient (Wildman–Crippen LogP) is 6.01. The molecule has 0 radical (unpaired) electrons. The molecule has 28 heavy (non-hydrogen) atoms. The van der Waals surface area contributed by atoms with Crippen LogP contribution in [0.1, 0.15) is 68.7 Å². The fourth-order valence-electron chi connectivity index (χ4n) is 3.29. The fourth-order valence-corrected chi connectivity index (χ4v) is 3.29. The van der Waals surface area contributed by atoms with E-state index in [2.05, 4.69) is 51.1 Å². The van der Waals surface area contributed by atoms with Crippen molar-refractivity contribution in [3.05, 3.63) is 58.7 Å². The number of benzene rings is 2. The molecule has 1 unspecified atom stereocenters. The third kappa shape index (κ3) is 5.60. The van der Waals surface area contributed by atoms with E-state index in [0.717, 1.165) is 41.8 Å². The molecular weight excluding hydrogens is 346 g/mol. The van der Waals surface area contributed by atoms with Gasteiger partial charge in [-0.05, 0) is 94.2 Å². The summed E-state index contributed by atoms with van der Waals surface area (Å²) in [5.41, 5.74) is 11.3. The van der Waals surface area contributed by atoms with E-state index in [-0.39, 0.29) is 5.78 Å². The van der Waals surface area contributed by atoms with Crippen molar-refractivity contribution in [2.24, 2.45) is 5.41 Å². The summed E-state index contributed by atoms with van der Waals surface area (Å²) in [4.78, 5) is 11.7. The van der Waals surface area contributed by atoms with E-state index >= 15 is 0 Å². The normalized spacial score (nSPS) is 12.6. The van der Waals surface area contributed by atoms with Gasteiger partial charge in [0.05, 0.1) is 5.41 Å². The first kappa shape index (κ1) is 22.0. The van der Waals surface area contributed by atoms with Crippen LogP contribution in [0.2, 0.25) is 0 Å². The van der Waals surface area contributed by atoms with Crippen molar-refractivity contribution in [1.29, 1.82) is 0 Å². The maximum atomic E-state index is 11.7. The number of anilines is 1. The number of nitrogens with two attached hydrogens (primary N) is 1. The van der Waals surface area contributed by atoms with Crippen LogP contribution in [0.3, 0.4) is 0 Å². The summed E-state index contributed by atoms with van der Waals surface area (Å²) in [5.74, 6) is 1.52. The maximum Gasteiger partial charge on any atom is 0.138 e. The Balaban J connectivity index is 2.05. The lowest BCUT2D eigenvalue weighted by Crippen LogP contribution is -2.29. The summed E-state index contributed by atoms with van der Waals surface area (Å²) < 4.78 is 5.95. The summed E-state index contributed by atoms with van der Waals surface area (Å²) in [6, 6.07) is 12.8. The second kappa shape index (κ2) is 9.27. The lowest BCUT2D eigenvalue weighted by molar-refractivity contribution is -0.126. The van der Waals surface area contributed by atoms with Gasteiger partial charge in [-0.1, -0.05) is 31.2 Å². The molecule has 0 saturated carbocycles. The van der Waals surface area contributed by atoms with E-state index in [0.29, 0.717) is 12.5 Å². The molecule has 0 fully saturated rings. The van der Waals surface area contributed by atoms with Gasteiger partial charge >= 0.3 is 0 Å². The van der Waals surface area contributed by atoms with Gasteiger partial charge in [-0.3, -0.25) is 4.79 Å². The topological polar surface area (TPSA) is 52.3 Å². The maximum absolute atomic E-state index is 11.7. The van der Waals surface area contributed by atoms with Crippen LogP contribution >= 0.6 is 0 Å². The Morgan fingerprint density at radius 2 is 1.82 bits per heavy atom. The van der Waals surface area contributed by atoms with E-state index < -0.39 is 5.41 Å². The van der Waals surface area contributed by atoms with Gasteiger partial charge in [0, 0.05) is 5.69 Å². The number of nitrogen functional groups attached to an aromatic ring is 1. The second-order valence-corrected chi connectivity index (χ2v) is 8.59. The second-order valence-electron chi connectivity index (χ2n) is 8.59. The molecular formula is C25H35NO2. The van der Waals surface area contributed by atoms with Crippen LogP contribution in [0, 0.1) is 19.3 Å². The van der Waals surface area contributed by atoms with Crippen molar-refractivity contribution < 1.29 is 9.53 Å². The number of hydrogen-bond donors (Lipinski definition) is 1. The number of carbonyl (C=O) groups excluding carboxylic acids is 1. The highest BCUT2D eigenvalue weighted by molar-refractivity contribution is 5.81. The zero-order valence-corrected chi connectivity index (χ0v) is 18.3. The average molecular weight is 382 g/mol. The zero-order chi connectivity index (χ0) is 20.9. The Hall–Kier alpha value is -2.29. The minimum absolute atomic E-state index is 0.144. The number of aryl methyl sites for hydroxylation is 3. The Morgan fingerprint density at radius 3 is 2.39 bits per heavy atom. The van der Waals surface area contributed by atoms with Crippen LogP contribution < -0.4 is 10.5 Å². The van der Waals surface area contributed by atoms with Gasteiger partial charge in [0.15, 0.2) is 0 Å². The molecule has 0 heterocycles. The fraction of sp³-hybridized carbons (Fsp3) is 0.480.